The summed E-state index contributed by atoms with van der Waals surface area (Å²) >= 11 is 0. The van der Waals surface area contributed by atoms with Gasteiger partial charge in [-0.2, -0.15) is 4.31 Å². The summed E-state index contributed by atoms with van der Waals surface area (Å²) in [6.07, 6.45) is 1.55. The zero-order chi connectivity index (χ0) is 23.7. The first-order valence-electron chi connectivity index (χ1n) is 11.1. The van der Waals surface area contributed by atoms with Crippen LogP contribution in [-0.4, -0.2) is 69.3 Å². The number of rotatable bonds is 10. The summed E-state index contributed by atoms with van der Waals surface area (Å²) < 4.78 is 32.2. The number of anilines is 1. The summed E-state index contributed by atoms with van der Waals surface area (Å²) in [7, 11) is -1.58. The van der Waals surface area contributed by atoms with Crippen molar-refractivity contribution in [2.75, 3.05) is 45.2 Å². The fourth-order valence-electron chi connectivity index (χ4n) is 3.51. The average molecular weight is 474 g/mol. The van der Waals surface area contributed by atoms with Gasteiger partial charge in [0.2, 0.25) is 15.9 Å². The van der Waals surface area contributed by atoms with Crippen LogP contribution in [-0.2, 0) is 30.8 Å². The number of nitrogens with zero attached hydrogens (tertiary/aromatic N) is 2. The zero-order valence-corrected chi connectivity index (χ0v) is 19.7. The molecule has 33 heavy (non-hydrogen) atoms. The molecule has 0 saturated carbocycles. The number of piperazine rings is 1. The fourth-order valence-corrected chi connectivity index (χ4v) is 4.93. The summed E-state index contributed by atoms with van der Waals surface area (Å²) in [5.74, 6) is -0.738. The van der Waals surface area contributed by atoms with Crippen LogP contribution in [0.4, 0.5) is 5.69 Å². The summed E-state index contributed by atoms with van der Waals surface area (Å²) in [4.78, 5) is 26.3. The van der Waals surface area contributed by atoms with Crippen molar-refractivity contribution >= 4 is 27.6 Å². The molecule has 0 spiro atoms. The molecule has 0 aromatic heterocycles. The number of benzene rings is 2. The highest BCUT2D eigenvalue weighted by atomic mass is 32.2. The molecule has 0 bridgehead atoms. The fraction of sp³-hybridized carbons (Fsp3) is 0.417. The lowest BCUT2D eigenvalue weighted by atomic mass is 10.1. The van der Waals surface area contributed by atoms with Gasteiger partial charge in [0.15, 0.2) is 0 Å². The number of hydrogen-bond donors (Lipinski definition) is 1. The lowest BCUT2D eigenvalue weighted by Gasteiger charge is -2.31. The number of carbonyl (C=O) groups is 2. The molecule has 0 radical (unpaired) electrons. The molecule has 3 rings (SSSR count). The molecule has 1 heterocycles. The highest BCUT2D eigenvalue weighted by Gasteiger charge is 2.27. The van der Waals surface area contributed by atoms with E-state index in [1.54, 1.807) is 12.1 Å². The van der Waals surface area contributed by atoms with Crippen LogP contribution in [0.2, 0.25) is 0 Å². The number of carbonyl (C=O) groups excluding carboxylic acids is 2. The first kappa shape index (κ1) is 24.9. The van der Waals surface area contributed by atoms with E-state index < -0.39 is 16.0 Å². The number of sulfonamides is 1. The van der Waals surface area contributed by atoms with Crippen molar-refractivity contribution in [2.45, 2.75) is 30.6 Å². The highest BCUT2D eigenvalue weighted by molar-refractivity contribution is 7.89. The lowest BCUT2D eigenvalue weighted by Crippen LogP contribution is -2.46. The molecule has 9 heteroatoms. The molecule has 1 aliphatic heterocycles. The predicted molar refractivity (Wildman–Crippen MR) is 126 cm³/mol. The molecule has 2 aromatic rings. The molecule has 1 N–H and O–H groups in total. The van der Waals surface area contributed by atoms with Crippen LogP contribution in [0.25, 0.3) is 0 Å². The van der Waals surface area contributed by atoms with Crippen LogP contribution in [0, 0.1) is 0 Å². The van der Waals surface area contributed by atoms with E-state index in [0.717, 1.165) is 12.8 Å². The zero-order valence-electron chi connectivity index (χ0n) is 18.9. The third-order valence-electron chi connectivity index (χ3n) is 5.51. The summed E-state index contributed by atoms with van der Waals surface area (Å²) in [5, 5.41) is 2.69. The van der Waals surface area contributed by atoms with Crippen LogP contribution in [0.3, 0.4) is 0 Å². The lowest BCUT2D eigenvalue weighted by molar-refractivity contribution is -0.144. The SMILES string of the molecule is CN1CCN(S(=O)(=O)c2ccc(NC(=O)CCC(=O)OCCCc3ccccc3)cc2)CC1. The monoisotopic (exact) mass is 473 g/mol. The van der Waals surface area contributed by atoms with E-state index in [9.17, 15) is 18.0 Å². The number of hydrogen-bond acceptors (Lipinski definition) is 6. The quantitative estimate of drug-likeness (QED) is 0.421. The van der Waals surface area contributed by atoms with Crippen LogP contribution < -0.4 is 5.32 Å². The summed E-state index contributed by atoms with van der Waals surface area (Å²) in [6.45, 7) is 2.63. The number of esters is 1. The maximum Gasteiger partial charge on any atom is 0.306 e. The van der Waals surface area contributed by atoms with Crippen molar-refractivity contribution in [3.8, 4) is 0 Å². The molecule has 8 nitrogen and oxygen atoms in total. The van der Waals surface area contributed by atoms with Crippen molar-refractivity contribution in [3.05, 3.63) is 60.2 Å². The minimum absolute atomic E-state index is 0.00113. The van der Waals surface area contributed by atoms with Crippen molar-refractivity contribution in [1.29, 1.82) is 0 Å². The Morgan fingerprint density at radius 1 is 0.939 bits per heavy atom. The second-order valence-electron chi connectivity index (χ2n) is 8.09. The van der Waals surface area contributed by atoms with E-state index >= 15 is 0 Å². The highest BCUT2D eigenvalue weighted by Crippen LogP contribution is 2.20. The molecule has 0 aliphatic carbocycles. The van der Waals surface area contributed by atoms with Crippen LogP contribution in [0.1, 0.15) is 24.8 Å². The van der Waals surface area contributed by atoms with E-state index in [4.69, 9.17) is 4.74 Å². The maximum absolute atomic E-state index is 12.8. The van der Waals surface area contributed by atoms with Gasteiger partial charge in [-0.15, -0.1) is 0 Å². The van der Waals surface area contributed by atoms with Gasteiger partial charge in [-0.05, 0) is 49.7 Å². The molecule has 0 unspecified atom stereocenters. The second kappa shape index (κ2) is 11.9. The van der Waals surface area contributed by atoms with Crippen molar-refractivity contribution in [2.24, 2.45) is 0 Å². The van der Waals surface area contributed by atoms with Crippen LogP contribution in [0.15, 0.2) is 59.5 Å². The molecule has 1 aliphatic rings. The van der Waals surface area contributed by atoms with E-state index in [-0.39, 0.29) is 23.6 Å². The first-order chi connectivity index (χ1) is 15.8. The molecular formula is C24H31N3O5S. The Hall–Kier alpha value is -2.75. The summed E-state index contributed by atoms with van der Waals surface area (Å²) in [5.41, 5.74) is 1.67. The summed E-state index contributed by atoms with van der Waals surface area (Å²) in [6, 6.07) is 16.1. The molecule has 178 valence electrons. The predicted octanol–water partition coefficient (Wildman–Crippen LogP) is 2.52. The third-order valence-corrected chi connectivity index (χ3v) is 7.42. The smallest absolute Gasteiger partial charge is 0.306 e. The van der Waals surface area contributed by atoms with Gasteiger partial charge < -0.3 is 15.0 Å². The minimum atomic E-state index is -3.55. The van der Waals surface area contributed by atoms with Crippen molar-refractivity contribution < 1.29 is 22.7 Å². The van der Waals surface area contributed by atoms with Gasteiger partial charge in [0.25, 0.3) is 0 Å². The van der Waals surface area contributed by atoms with Crippen molar-refractivity contribution in [1.82, 2.24) is 9.21 Å². The Bertz CT molecular complexity index is 1020. The van der Waals surface area contributed by atoms with Crippen LogP contribution in [0.5, 0.6) is 0 Å². The topological polar surface area (TPSA) is 96.0 Å². The Morgan fingerprint density at radius 3 is 2.27 bits per heavy atom. The van der Waals surface area contributed by atoms with E-state index in [1.165, 1.54) is 22.0 Å². The van der Waals surface area contributed by atoms with E-state index in [2.05, 4.69) is 10.2 Å². The third kappa shape index (κ3) is 7.66. The Labute approximate surface area is 195 Å². The molecule has 0 atom stereocenters. The average Bonchev–Trinajstić information content (AvgIpc) is 2.82. The van der Waals surface area contributed by atoms with Gasteiger partial charge in [0.1, 0.15) is 0 Å². The molecule has 1 saturated heterocycles. The number of nitrogens with one attached hydrogen (secondary N) is 1. The van der Waals surface area contributed by atoms with Gasteiger partial charge in [-0.25, -0.2) is 8.42 Å². The van der Waals surface area contributed by atoms with E-state index in [1.807, 2.05) is 37.4 Å². The minimum Gasteiger partial charge on any atom is -0.466 e. The van der Waals surface area contributed by atoms with Crippen molar-refractivity contribution in [3.63, 3.8) is 0 Å². The van der Waals surface area contributed by atoms with Gasteiger partial charge in [-0.1, -0.05) is 30.3 Å². The maximum atomic E-state index is 12.8. The largest absolute Gasteiger partial charge is 0.466 e. The van der Waals surface area contributed by atoms with E-state index in [0.29, 0.717) is 38.5 Å². The normalized spacial score (nSPS) is 15.2. The van der Waals surface area contributed by atoms with Gasteiger partial charge in [0.05, 0.1) is 17.9 Å². The number of amides is 1. The Balaban J connectivity index is 1.38. The molecule has 2 aromatic carbocycles. The number of ether oxygens (including phenoxy) is 1. The van der Waals surface area contributed by atoms with Gasteiger partial charge >= 0.3 is 5.97 Å². The second-order valence-corrected chi connectivity index (χ2v) is 10.0. The number of likely N-dealkylation sites (N-methyl/N-ethyl adjacent to an activating group) is 1. The standard InChI is InChI=1S/C24H31N3O5S/c1-26-15-17-27(18-16-26)33(30,31)22-11-9-21(10-12-22)25-23(28)13-14-24(29)32-19-5-8-20-6-3-2-4-7-20/h2-4,6-7,9-12H,5,8,13-19H2,1H3,(H,25,28). The molecule has 1 fully saturated rings. The molecule has 1 amide bonds. The number of aryl methyl sites for hydroxylation is 1. The Morgan fingerprint density at radius 2 is 1.61 bits per heavy atom. The van der Waals surface area contributed by atoms with Gasteiger partial charge in [-0.3, -0.25) is 9.59 Å². The van der Waals surface area contributed by atoms with Crippen LogP contribution >= 0.6 is 0 Å². The Kier molecular flexibility index (Phi) is 8.99. The first-order valence-corrected chi connectivity index (χ1v) is 12.6. The molecular weight excluding hydrogens is 442 g/mol. The van der Waals surface area contributed by atoms with Gasteiger partial charge in [0, 0.05) is 38.3 Å².